The van der Waals surface area contributed by atoms with Gasteiger partial charge in [-0.15, -0.1) is 0 Å². The van der Waals surface area contributed by atoms with Crippen molar-refractivity contribution < 1.29 is 29.1 Å². The molecule has 0 radical (unpaired) electrons. The molecule has 1 aliphatic rings. The van der Waals surface area contributed by atoms with E-state index in [9.17, 15) is 24.8 Å². The van der Waals surface area contributed by atoms with Crippen LogP contribution in [0.15, 0.2) is 46.8 Å². The van der Waals surface area contributed by atoms with E-state index in [1.54, 1.807) is 38.7 Å². The molecule has 1 aromatic carbocycles. The second-order valence-corrected chi connectivity index (χ2v) is 6.36. The highest BCUT2D eigenvalue weighted by atomic mass is 16.6. The lowest BCUT2D eigenvalue weighted by Crippen LogP contribution is -2.36. The van der Waals surface area contributed by atoms with Crippen LogP contribution in [0.3, 0.4) is 0 Å². The summed E-state index contributed by atoms with van der Waals surface area (Å²) < 4.78 is 10.6. The average Bonchev–Trinajstić information content (AvgIpc) is 2.67. The van der Waals surface area contributed by atoms with Crippen molar-refractivity contribution in [2.45, 2.75) is 33.6 Å². The van der Waals surface area contributed by atoms with E-state index >= 15 is 0 Å². The van der Waals surface area contributed by atoms with Gasteiger partial charge in [0.15, 0.2) is 0 Å². The third-order valence-electron chi connectivity index (χ3n) is 4.73. The van der Waals surface area contributed by atoms with Crippen molar-refractivity contribution in [2.24, 2.45) is 0 Å². The number of nitrogens with zero attached hydrogens (tertiary/aromatic N) is 2. The molecule has 29 heavy (non-hydrogen) atoms. The van der Waals surface area contributed by atoms with Crippen LogP contribution in [-0.4, -0.2) is 46.8 Å². The Bertz CT molecular complexity index is 889. The largest absolute Gasteiger partial charge is 0.478 e. The van der Waals surface area contributed by atoms with E-state index in [2.05, 4.69) is 0 Å². The molecule has 0 spiro atoms. The zero-order valence-electron chi connectivity index (χ0n) is 16.8. The fourth-order valence-electron chi connectivity index (χ4n) is 3.38. The number of allylic oxidation sites excluding steroid dienone is 2. The lowest BCUT2D eigenvalue weighted by molar-refractivity contribution is -0.384. The number of carbonyl (C=O) groups is 2. The Morgan fingerprint density at radius 2 is 1.83 bits per heavy atom. The van der Waals surface area contributed by atoms with Gasteiger partial charge in [0, 0.05) is 30.1 Å². The average molecular weight is 404 g/mol. The van der Waals surface area contributed by atoms with Crippen molar-refractivity contribution in [1.29, 1.82) is 0 Å². The van der Waals surface area contributed by atoms with E-state index in [0.717, 1.165) is 0 Å². The van der Waals surface area contributed by atoms with Gasteiger partial charge in [-0.1, -0.05) is 12.1 Å². The maximum absolute atomic E-state index is 12.8. The number of nitro groups is 1. The van der Waals surface area contributed by atoms with E-state index in [0.29, 0.717) is 23.6 Å². The first-order chi connectivity index (χ1) is 13.7. The molecule has 0 unspecified atom stereocenters. The van der Waals surface area contributed by atoms with Crippen LogP contribution in [0.5, 0.6) is 0 Å². The number of hydrogen-bond acceptors (Lipinski definition) is 7. The molecule has 0 saturated heterocycles. The Morgan fingerprint density at radius 1 is 1.17 bits per heavy atom. The summed E-state index contributed by atoms with van der Waals surface area (Å²) in [6.45, 7) is 7.33. The van der Waals surface area contributed by atoms with Crippen molar-refractivity contribution in [2.75, 3.05) is 19.9 Å². The molecular weight excluding hydrogens is 380 g/mol. The molecule has 1 aromatic rings. The van der Waals surface area contributed by atoms with Gasteiger partial charge in [0.05, 0.1) is 28.6 Å². The highest BCUT2D eigenvalue weighted by Gasteiger charge is 2.40. The normalized spacial score (nSPS) is 16.8. The van der Waals surface area contributed by atoms with Gasteiger partial charge in [0.2, 0.25) is 0 Å². The van der Waals surface area contributed by atoms with E-state index in [-0.39, 0.29) is 30.2 Å². The van der Waals surface area contributed by atoms with Crippen LogP contribution in [0.1, 0.15) is 39.2 Å². The molecule has 0 aliphatic carbocycles. The molecule has 9 nitrogen and oxygen atoms in total. The van der Waals surface area contributed by atoms with Crippen LogP contribution in [0, 0.1) is 10.1 Å². The lowest BCUT2D eigenvalue weighted by atomic mass is 9.79. The SMILES string of the molecule is CCOCN1C(C)=C(C(=O)O)[C@@H](c2cccc([N+](=O)[O-])c2)C(C(=O)OCC)=C1C. The molecule has 1 aliphatic heterocycles. The summed E-state index contributed by atoms with van der Waals surface area (Å²) in [4.78, 5) is 37.3. The van der Waals surface area contributed by atoms with E-state index in [1.807, 2.05) is 0 Å². The topological polar surface area (TPSA) is 119 Å². The predicted octanol–water partition coefficient (Wildman–Crippen LogP) is 3.18. The van der Waals surface area contributed by atoms with Gasteiger partial charge >= 0.3 is 11.9 Å². The first kappa shape index (κ1) is 22.1. The van der Waals surface area contributed by atoms with Crippen molar-refractivity contribution >= 4 is 17.6 Å². The second-order valence-electron chi connectivity index (χ2n) is 6.36. The van der Waals surface area contributed by atoms with Crippen molar-refractivity contribution in [3.05, 3.63) is 62.5 Å². The Balaban J connectivity index is 2.75. The molecule has 156 valence electrons. The fraction of sp³-hybridized carbons (Fsp3) is 0.400. The number of carboxylic acid groups (broad SMARTS) is 1. The summed E-state index contributed by atoms with van der Waals surface area (Å²) in [5.74, 6) is -2.91. The molecule has 0 bridgehead atoms. The first-order valence-corrected chi connectivity index (χ1v) is 9.16. The van der Waals surface area contributed by atoms with Crippen LogP contribution < -0.4 is 0 Å². The summed E-state index contributed by atoms with van der Waals surface area (Å²) in [6, 6.07) is 5.63. The molecule has 1 N–H and O–H groups in total. The molecule has 1 atom stereocenters. The zero-order chi connectivity index (χ0) is 21.7. The number of carbonyl (C=O) groups excluding carboxylic acids is 1. The Morgan fingerprint density at radius 3 is 2.38 bits per heavy atom. The Labute approximate surface area is 168 Å². The number of ether oxygens (including phenoxy) is 2. The summed E-state index contributed by atoms with van der Waals surface area (Å²) in [5, 5.41) is 21.2. The van der Waals surface area contributed by atoms with E-state index < -0.39 is 22.8 Å². The molecule has 1 heterocycles. The molecule has 9 heteroatoms. The van der Waals surface area contributed by atoms with Crippen molar-refractivity contribution in [3.8, 4) is 0 Å². The number of esters is 1. The maximum Gasteiger partial charge on any atom is 0.336 e. The van der Waals surface area contributed by atoms with E-state index in [1.165, 1.54) is 18.2 Å². The summed E-state index contributed by atoms with van der Waals surface area (Å²) in [6.07, 6.45) is 0. The quantitative estimate of drug-likeness (QED) is 0.399. The summed E-state index contributed by atoms with van der Waals surface area (Å²) in [7, 11) is 0. The van der Waals surface area contributed by atoms with Gasteiger partial charge in [-0.3, -0.25) is 10.1 Å². The number of nitro benzene ring substituents is 1. The van der Waals surface area contributed by atoms with Gasteiger partial charge in [-0.2, -0.15) is 0 Å². The highest BCUT2D eigenvalue weighted by molar-refractivity contribution is 5.99. The number of aliphatic carboxylic acids is 1. The second kappa shape index (κ2) is 9.33. The first-order valence-electron chi connectivity index (χ1n) is 9.16. The molecule has 2 rings (SSSR count). The highest BCUT2D eigenvalue weighted by Crippen LogP contribution is 2.43. The van der Waals surface area contributed by atoms with Gasteiger partial charge < -0.3 is 19.5 Å². The van der Waals surface area contributed by atoms with Crippen LogP contribution in [0.4, 0.5) is 5.69 Å². The van der Waals surface area contributed by atoms with Crippen LogP contribution in [0.2, 0.25) is 0 Å². The minimum atomic E-state index is -1.23. The Hall–Kier alpha value is -3.20. The van der Waals surface area contributed by atoms with Gasteiger partial charge in [-0.25, -0.2) is 9.59 Å². The maximum atomic E-state index is 12.8. The third kappa shape index (κ3) is 4.45. The molecule has 0 amide bonds. The predicted molar refractivity (Wildman–Crippen MR) is 104 cm³/mol. The number of non-ortho nitro benzene ring substituents is 1. The zero-order valence-corrected chi connectivity index (χ0v) is 16.8. The van der Waals surface area contributed by atoms with Crippen molar-refractivity contribution in [3.63, 3.8) is 0 Å². The number of hydrogen-bond donors (Lipinski definition) is 1. The van der Waals surface area contributed by atoms with Crippen LogP contribution in [-0.2, 0) is 19.1 Å². The fourth-order valence-corrected chi connectivity index (χ4v) is 3.38. The molecule has 0 saturated carbocycles. The standard InChI is InChI=1S/C20H24N2O7/c1-5-28-11-21-12(3)16(19(23)24)18(17(13(21)4)20(25)29-6-2)14-8-7-9-15(10-14)22(26)27/h7-10,18H,5-6,11H2,1-4H3,(H,23,24)/t18-/m1/s1. The van der Waals surface area contributed by atoms with Crippen LogP contribution >= 0.6 is 0 Å². The number of rotatable bonds is 8. The van der Waals surface area contributed by atoms with Crippen molar-refractivity contribution in [1.82, 2.24) is 4.90 Å². The van der Waals surface area contributed by atoms with Crippen LogP contribution in [0.25, 0.3) is 0 Å². The third-order valence-corrected chi connectivity index (χ3v) is 4.73. The molecule has 0 fully saturated rings. The summed E-state index contributed by atoms with van der Waals surface area (Å²) in [5.41, 5.74) is 1.08. The van der Waals surface area contributed by atoms with Gasteiger partial charge in [0.25, 0.3) is 5.69 Å². The smallest absolute Gasteiger partial charge is 0.336 e. The minimum absolute atomic E-state index is 0.0566. The summed E-state index contributed by atoms with van der Waals surface area (Å²) >= 11 is 0. The molecule has 0 aromatic heterocycles. The Kier molecular flexibility index (Phi) is 7.11. The van der Waals surface area contributed by atoms with E-state index in [4.69, 9.17) is 9.47 Å². The van der Waals surface area contributed by atoms with Gasteiger partial charge in [0.1, 0.15) is 6.73 Å². The molecular formula is C20H24N2O7. The van der Waals surface area contributed by atoms with Gasteiger partial charge in [-0.05, 0) is 33.3 Å². The number of carboxylic acids is 1. The minimum Gasteiger partial charge on any atom is -0.478 e. The monoisotopic (exact) mass is 404 g/mol. The number of benzene rings is 1. The lowest BCUT2D eigenvalue weighted by Gasteiger charge is -2.37.